The number of benzene rings is 3. The van der Waals surface area contributed by atoms with Gasteiger partial charge in [0.05, 0.1) is 11.4 Å². The highest BCUT2D eigenvalue weighted by atomic mass is 35.5. The van der Waals surface area contributed by atoms with Crippen LogP contribution in [0.15, 0.2) is 66.7 Å². The van der Waals surface area contributed by atoms with Crippen molar-refractivity contribution in [2.24, 2.45) is 0 Å². The second kappa shape index (κ2) is 7.51. The lowest BCUT2D eigenvalue weighted by molar-refractivity contribution is -0.133. The van der Waals surface area contributed by atoms with Crippen LogP contribution in [-0.2, 0) is 15.2 Å². The summed E-state index contributed by atoms with van der Waals surface area (Å²) in [6.45, 7) is -0.477. The highest BCUT2D eigenvalue weighted by Gasteiger charge is 2.51. The van der Waals surface area contributed by atoms with Gasteiger partial charge in [0.25, 0.3) is 5.91 Å². The Bertz CT molecular complexity index is 1170. The predicted molar refractivity (Wildman–Crippen MR) is 108 cm³/mol. The Balaban J connectivity index is 1.66. The van der Waals surface area contributed by atoms with Gasteiger partial charge in [-0.3, -0.25) is 14.5 Å². The first kappa shape index (κ1) is 20.0. The minimum absolute atomic E-state index is 0.0478. The van der Waals surface area contributed by atoms with E-state index in [0.717, 1.165) is 17.0 Å². The molecule has 2 N–H and O–H groups in total. The third-order valence-electron chi connectivity index (χ3n) is 4.89. The number of carbonyl (C=O) groups excluding carboxylic acids is 2. The van der Waals surface area contributed by atoms with E-state index in [9.17, 15) is 23.5 Å². The molecule has 0 aromatic heterocycles. The number of aliphatic hydroxyl groups is 1. The van der Waals surface area contributed by atoms with Gasteiger partial charge in [-0.15, -0.1) is 0 Å². The second-order valence-electron chi connectivity index (χ2n) is 6.80. The maximum Gasteiger partial charge on any atom is 0.268 e. The minimum atomic E-state index is -2.15. The van der Waals surface area contributed by atoms with Crippen LogP contribution in [0.3, 0.4) is 0 Å². The molecule has 0 fully saturated rings. The second-order valence-corrected chi connectivity index (χ2v) is 7.24. The van der Waals surface area contributed by atoms with Crippen LogP contribution >= 0.6 is 11.6 Å². The topological polar surface area (TPSA) is 69.6 Å². The molecule has 8 heteroatoms. The summed E-state index contributed by atoms with van der Waals surface area (Å²) < 4.78 is 27.7. The van der Waals surface area contributed by atoms with E-state index in [0.29, 0.717) is 5.69 Å². The van der Waals surface area contributed by atoms with Gasteiger partial charge < -0.3 is 10.4 Å². The molecular weight excluding hydrogens is 414 g/mol. The average Bonchev–Trinajstić information content (AvgIpc) is 2.93. The molecule has 0 saturated heterocycles. The van der Waals surface area contributed by atoms with E-state index in [1.165, 1.54) is 36.4 Å². The maximum atomic E-state index is 14.0. The summed E-state index contributed by atoms with van der Waals surface area (Å²) in [5.41, 5.74) is -1.66. The van der Waals surface area contributed by atoms with Gasteiger partial charge in [-0.25, -0.2) is 8.78 Å². The van der Waals surface area contributed by atoms with Crippen molar-refractivity contribution >= 4 is 34.8 Å². The Hall–Kier alpha value is -3.29. The van der Waals surface area contributed by atoms with E-state index in [4.69, 9.17) is 11.6 Å². The van der Waals surface area contributed by atoms with Crippen LogP contribution in [0, 0.1) is 11.6 Å². The third kappa shape index (κ3) is 3.32. The van der Waals surface area contributed by atoms with E-state index in [1.54, 1.807) is 18.2 Å². The monoisotopic (exact) mass is 428 g/mol. The van der Waals surface area contributed by atoms with Crippen LogP contribution in [-0.4, -0.2) is 23.5 Å². The number of nitrogens with one attached hydrogen (secondary N) is 1. The number of halogens is 3. The lowest BCUT2D eigenvalue weighted by Gasteiger charge is -2.23. The standard InChI is InChI=1S/C22H15ClF2N2O3/c23-14-8-9-18(17(25)11-14)26-20(28)12-27-19-7-2-1-6-16(19)22(30,21(27)29)13-4-3-5-15(24)10-13/h1-11,30H,12H2,(H,26,28). The number of para-hydroxylation sites is 1. The van der Waals surface area contributed by atoms with Crippen molar-refractivity contribution in [3.8, 4) is 0 Å². The first-order chi connectivity index (χ1) is 14.3. The largest absolute Gasteiger partial charge is 0.372 e. The van der Waals surface area contributed by atoms with Gasteiger partial charge >= 0.3 is 0 Å². The number of anilines is 2. The number of rotatable bonds is 4. The summed E-state index contributed by atoms with van der Waals surface area (Å²) in [5.74, 6) is -2.82. The van der Waals surface area contributed by atoms with Gasteiger partial charge in [0, 0.05) is 16.1 Å². The molecule has 1 unspecified atom stereocenters. The van der Waals surface area contributed by atoms with Gasteiger partial charge in [0.1, 0.15) is 18.2 Å². The van der Waals surface area contributed by atoms with E-state index in [1.807, 2.05) is 0 Å². The van der Waals surface area contributed by atoms with Gasteiger partial charge in [0.15, 0.2) is 5.60 Å². The van der Waals surface area contributed by atoms with Crippen molar-refractivity contribution in [1.82, 2.24) is 0 Å². The van der Waals surface area contributed by atoms with E-state index < -0.39 is 35.6 Å². The number of nitrogens with zero attached hydrogens (tertiary/aromatic N) is 1. The average molecular weight is 429 g/mol. The highest BCUT2D eigenvalue weighted by molar-refractivity contribution is 6.30. The molecule has 5 nitrogen and oxygen atoms in total. The quantitative estimate of drug-likeness (QED) is 0.663. The fraction of sp³-hybridized carbons (Fsp3) is 0.0909. The minimum Gasteiger partial charge on any atom is -0.372 e. The summed E-state index contributed by atoms with van der Waals surface area (Å²) in [7, 11) is 0. The smallest absolute Gasteiger partial charge is 0.268 e. The first-order valence-corrected chi connectivity index (χ1v) is 9.33. The summed E-state index contributed by atoms with van der Waals surface area (Å²) in [4.78, 5) is 26.8. The van der Waals surface area contributed by atoms with Crippen LogP contribution in [0.2, 0.25) is 5.02 Å². The molecule has 0 radical (unpaired) electrons. The number of hydrogen-bond acceptors (Lipinski definition) is 3. The zero-order valence-corrected chi connectivity index (χ0v) is 16.2. The normalized spacial score (nSPS) is 17.7. The molecule has 0 spiro atoms. The van der Waals surface area contributed by atoms with Gasteiger partial charge in [-0.05, 0) is 36.4 Å². The number of fused-ring (bicyclic) bond motifs is 1. The summed E-state index contributed by atoms with van der Waals surface area (Å²) in [6.07, 6.45) is 0. The van der Waals surface area contributed by atoms with Gasteiger partial charge in [-0.2, -0.15) is 0 Å². The molecule has 30 heavy (non-hydrogen) atoms. The Morgan fingerprint density at radius 3 is 2.57 bits per heavy atom. The highest BCUT2D eigenvalue weighted by Crippen LogP contribution is 2.44. The van der Waals surface area contributed by atoms with Crippen molar-refractivity contribution in [1.29, 1.82) is 0 Å². The summed E-state index contributed by atoms with van der Waals surface area (Å²) >= 11 is 5.71. The lowest BCUT2D eigenvalue weighted by Crippen LogP contribution is -2.44. The molecule has 1 aliphatic rings. The third-order valence-corrected chi connectivity index (χ3v) is 5.12. The predicted octanol–water partition coefficient (Wildman–Crippen LogP) is 3.84. The first-order valence-electron chi connectivity index (χ1n) is 8.95. The van der Waals surface area contributed by atoms with Crippen molar-refractivity contribution in [2.45, 2.75) is 5.60 Å². The summed E-state index contributed by atoms with van der Waals surface area (Å²) in [6, 6.07) is 15.2. The van der Waals surface area contributed by atoms with Crippen molar-refractivity contribution in [2.75, 3.05) is 16.8 Å². The molecule has 3 aromatic carbocycles. The number of hydrogen-bond donors (Lipinski definition) is 2. The van der Waals surface area contributed by atoms with Crippen molar-refractivity contribution in [3.05, 3.63) is 94.5 Å². The van der Waals surface area contributed by atoms with Crippen LogP contribution in [0.4, 0.5) is 20.2 Å². The fourth-order valence-electron chi connectivity index (χ4n) is 3.51. The molecule has 2 amide bonds. The maximum absolute atomic E-state index is 14.0. The van der Waals surface area contributed by atoms with Gasteiger partial charge in [-0.1, -0.05) is 41.9 Å². The van der Waals surface area contributed by atoms with Crippen LogP contribution in [0.5, 0.6) is 0 Å². The number of carbonyl (C=O) groups is 2. The molecule has 0 aliphatic carbocycles. The van der Waals surface area contributed by atoms with Crippen molar-refractivity contribution in [3.63, 3.8) is 0 Å². The summed E-state index contributed by atoms with van der Waals surface area (Å²) in [5, 5.41) is 13.9. The van der Waals surface area contributed by atoms with Gasteiger partial charge in [0.2, 0.25) is 5.91 Å². The molecule has 152 valence electrons. The Kier molecular flexibility index (Phi) is 5.01. The van der Waals surface area contributed by atoms with E-state index in [-0.39, 0.29) is 21.8 Å². The zero-order valence-electron chi connectivity index (χ0n) is 15.4. The molecule has 3 aromatic rings. The molecule has 1 aliphatic heterocycles. The fourth-order valence-corrected chi connectivity index (χ4v) is 3.67. The number of amides is 2. The van der Waals surface area contributed by atoms with Crippen molar-refractivity contribution < 1.29 is 23.5 Å². The molecule has 1 heterocycles. The SMILES string of the molecule is O=C(CN1C(=O)C(O)(c2cccc(F)c2)c2ccccc21)Nc1ccc(Cl)cc1F. The molecule has 4 rings (SSSR count). The molecular formula is C22H15ClF2N2O3. The molecule has 0 bridgehead atoms. The van der Waals surface area contributed by atoms with Crippen LogP contribution in [0.25, 0.3) is 0 Å². The van der Waals surface area contributed by atoms with E-state index >= 15 is 0 Å². The molecule has 0 saturated carbocycles. The lowest BCUT2D eigenvalue weighted by atomic mass is 9.87. The van der Waals surface area contributed by atoms with Crippen LogP contribution in [0.1, 0.15) is 11.1 Å². The Labute approximate surface area is 175 Å². The van der Waals surface area contributed by atoms with E-state index in [2.05, 4.69) is 5.32 Å². The zero-order chi connectivity index (χ0) is 21.5. The Morgan fingerprint density at radius 1 is 1.07 bits per heavy atom. The molecule has 1 atom stereocenters. The Morgan fingerprint density at radius 2 is 1.83 bits per heavy atom. The van der Waals surface area contributed by atoms with Crippen LogP contribution < -0.4 is 10.2 Å².